The summed E-state index contributed by atoms with van der Waals surface area (Å²) in [6.45, 7) is 17.4. The van der Waals surface area contributed by atoms with Crippen molar-refractivity contribution in [3.05, 3.63) is 12.7 Å². The van der Waals surface area contributed by atoms with Crippen molar-refractivity contribution in [3.63, 3.8) is 0 Å². The number of aliphatic hydroxyl groups is 1. The smallest absolute Gasteiger partial charge is 0.192 e. The molecule has 2 saturated heterocycles. The Balaban J connectivity index is 2.29. The molecule has 5 atom stereocenters. The Morgan fingerprint density at radius 1 is 1.45 bits per heavy atom. The van der Waals surface area contributed by atoms with Gasteiger partial charge in [-0.3, -0.25) is 0 Å². The summed E-state index contributed by atoms with van der Waals surface area (Å²) in [5.74, 6) is 0. The number of aliphatic hydroxyl groups excluding tert-OH is 1. The van der Waals surface area contributed by atoms with Gasteiger partial charge in [-0.05, 0) is 24.6 Å². The van der Waals surface area contributed by atoms with Gasteiger partial charge in [0.15, 0.2) is 8.32 Å². The van der Waals surface area contributed by atoms with E-state index in [2.05, 4.69) is 47.4 Å². The van der Waals surface area contributed by atoms with Crippen molar-refractivity contribution in [1.29, 1.82) is 0 Å². The molecule has 2 bridgehead atoms. The van der Waals surface area contributed by atoms with Gasteiger partial charge in [-0.1, -0.05) is 40.2 Å². The normalized spacial score (nSPS) is 36.6. The Morgan fingerprint density at radius 3 is 2.59 bits per heavy atom. The van der Waals surface area contributed by atoms with E-state index in [1.807, 2.05) is 0 Å². The molecule has 0 unspecified atom stereocenters. The van der Waals surface area contributed by atoms with Crippen molar-refractivity contribution < 1.29 is 19.0 Å². The van der Waals surface area contributed by atoms with Crippen molar-refractivity contribution >= 4 is 8.32 Å². The van der Waals surface area contributed by atoms with Gasteiger partial charge >= 0.3 is 0 Å². The average molecular weight is 329 g/mol. The van der Waals surface area contributed by atoms with E-state index in [-0.39, 0.29) is 23.4 Å². The summed E-state index contributed by atoms with van der Waals surface area (Å²) in [6, 6.07) is 0. The zero-order valence-electron chi connectivity index (χ0n) is 14.9. The van der Waals surface area contributed by atoms with Crippen LogP contribution in [-0.4, -0.2) is 50.0 Å². The molecule has 2 heterocycles. The van der Waals surface area contributed by atoms with E-state index in [9.17, 15) is 5.11 Å². The molecule has 0 aromatic rings. The van der Waals surface area contributed by atoms with E-state index < -0.39 is 20.0 Å². The highest BCUT2D eigenvalue weighted by atomic mass is 28.4. The maximum absolute atomic E-state index is 10.5. The van der Waals surface area contributed by atoms with E-state index in [1.165, 1.54) is 0 Å². The van der Waals surface area contributed by atoms with Gasteiger partial charge in [-0.15, -0.1) is 6.58 Å². The minimum atomic E-state index is -1.98. The molecule has 2 aliphatic rings. The Labute approximate surface area is 136 Å². The molecule has 0 amide bonds. The molecule has 2 aliphatic heterocycles. The lowest BCUT2D eigenvalue weighted by molar-refractivity contribution is -0.178. The third-order valence-electron chi connectivity index (χ3n) is 5.54. The van der Waals surface area contributed by atoms with Crippen molar-refractivity contribution in [2.45, 2.75) is 88.7 Å². The first-order valence-electron chi connectivity index (χ1n) is 8.37. The maximum Gasteiger partial charge on any atom is 0.192 e. The van der Waals surface area contributed by atoms with Crippen LogP contribution in [0.5, 0.6) is 0 Å². The van der Waals surface area contributed by atoms with Crippen LogP contribution in [-0.2, 0) is 13.9 Å². The molecule has 2 fully saturated rings. The highest BCUT2D eigenvalue weighted by Gasteiger charge is 2.65. The van der Waals surface area contributed by atoms with E-state index in [0.717, 1.165) is 12.8 Å². The van der Waals surface area contributed by atoms with Crippen LogP contribution < -0.4 is 0 Å². The van der Waals surface area contributed by atoms with Crippen LogP contribution in [0, 0.1) is 0 Å². The SMILES string of the molecule is C=C[C@H](O)[C@@]12CO[C@@H]([C@H](CCC)O1)[C@@H]2O[Si](C)(C)C(C)(C)C. The highest BCUT2D eigenvalue weighted by Crippen LogP contribution is 2.49. The molecule has 5 heteroatoms. The minimum Gasteiger partial charge on any atom is -0.408 e. The summed E-state index contributed by atoms with van der Waals surface area (Å²) in [5.41, 5.74) is -0.790. The molecule has 1 N–H and O–H groups in total. The third-order valence-corrected chi connectivity index (χ3v) is 10.00. The number of rotatable bonds is 6. The van der Waals surface area contributed by atoms with E-state index in [1.54, 1.807) is 6.08 Å². The molecule has 0 saturated carbocycles. The lowest BCUT2D eigenvalue weighted by atomic mass is 9.92. The summed E-state index contributed by atoms with van der Waals surface area (Å²) in [5, 5.41) is 10.6. The van der Waals surface area contributed by atoms with Crippen LogP contribution in [0.15, 0.2) is 12.7 Å². The van der Waals surface area contributed by atoms with Crippen LogP contribution in [0.1, 0.15) is 40.5 Å². The molecule has 0 aromatic carbocycles. The average Bonchev–Trinajstić information content (AvgIpc) is 2.89. The summed E-state index contributed by atoms with van der Waals surface area (Å²) in [7, 11) is -1.98. The number of hydrogen-bond donors (Lipinski definition) is 1. The second kappa shape index (κ2) is 6.02. The largest absolute Gasteiger partial charge is 0.408 e. The highest BCUT2D eigenvalue weighted by molar-refractivity contribution is 6.74. The minimum absolute atomic E-state index is 0.00289. The summed E-state index contributed by atoms with van der Waals surface area (Å²) in [4.78, 5) is 0. The summed E-state index contributed by atoms with van der Waals surface area (Å²) < 4.78 is 18.9. The molecule has 0 spiro atoms. The number of fused-ring (bicyclic) bond motifs is 2. The first-order valence-corrected chi connectivity index (χ1v) is 11.3. The van der Waals surface area contributed by atoms with Gasteiger partial charge in [0.2, 0.25) is 0 Å². The fraction of sp³-hybridized carbons (Fsp3) is 0.882. The Kier molecular flexibility index (Phi) is 4.96. The topological polar surface area (TPSA) is 47.9 Å². The molecular formula is C17H32O4Si. The molecule has 2 rings (SSSR count). The first kappa shape index (κ1) is 18.1. The molecule has 22 heavy (non-hydrogen) atoms. The van der Waals surface area contributed by atoms with Crippen LogP contribution in [0.2, 0.25) is 18.1 Å². The lowest BCUT2D eigenvalue weighted by Gasteiger charge is -2.41. The van der Waals surface area contributed by atoms with Crippen LogP contribution in [0.4, 0.5) is 0 Å². The molecule has 0 aromatic heterocycles. The molecule has 128 valence electrons. The third kappa shape index (κ3) is 2.82. The predicted octanol–water partition coefficient (Wildman–Crippen LogP) is 3.26. The van der Waals surface area contributed by atoms with Gasteiger partial charge in [0.25, 0.3) is 0 Å². The molecular weight excluding hydrogens is 296 g/mol. The number of hydrogen-bond acceptors (Lipinski definition) is 4. The number of ether oxygens (including phenoxy) is 2. The molecule has 4 nitrogen and oxygen atoms in total. The van der Waals surface area contributed by atoms with Gasteiger partial charge in [0.1, 0.15) is 23.9 Å². The maximum atomic E-state index is 10.5. The standard InChI is InChI=1S/C17H32O4Si/c1-8-10-12-14-15(21-22(6,7)16(3,4)5)17(20-12,11-19-14)13(18)9-2/h9,12-15,18H,2,8,10-11H2,1,3-7H3/t12-,13-,14-,15-,17+/m0/s1. The Hall–Kier alpha value is -0.203. The van der Waals surface area contributed by atoms with Crippen molar-refractivity contribution in [2.24, 2.45) is 0 Å². The van der Waals surface area contributed by atoms with Gasteiger partial charge in [-0.25, -0.2) is 0 Å². The van der Waals surface area contributed by atoms with Gasteiger partial charge in [-0.2, -0.15) is 0 Å². The lowest BCUT2D eigenvalue weighted by Crippen LogP contribution is -2.56. The Bertz CT molecular complexity index is 417. The van der Waals surface area contributed by atoms with E-state index >= 15 is 0 Å². The van der Waals surface area contributed by atoms with Crippen LogP contribution in [0.3, 0.4) is 0 Å². The summed E-state index contributed by atoms with van der Waals surface area (Å²) >= 11 is 0. The van der Waals surface area contributed by atoms with Gasteiger partial charge in [0.05, 0.1) is 12.7 Å². The second-order valence-corrected chi connectivity index (χ2v) is 12.9. The zero-order valence-corrected chi connectivity index (χ0v) is 15.9. The molecule has 0 radical (unpaired) electrons. The van der Waals surface area contributed by atoms with E-state index in [4.69, 9.17) is 13.9 Å². The first-order chi connectivity index (χ1) is 10.1. The van der Waals surface area contributed by atoms with E-state index in [0.29, 0.717) is 6.61 Å². The van der Waals surface area contributed by atoms with Crippen molar-refractivity contribution in [1.82, 2.24) is 0 Å². The van der Waals surface area contributed by atoms with Crippen LogP contribution in [0.25, 0.3) is 0 Å². The van der Waals surface area contributed by atoms with Crippen LogP contribution >= 0.6 is 0 Å². The predicted molar refractivity (Wildman–Crippen MR) is 90.5 cm³/mol. The Morgan fingerprint density at radius 2 is 2.09 bits per heavy atom. The van der Waals surface area contributed by atoms with Gasteiger partial charge in [0, 0.05) is 0 Å². The van der Waals surface area contributed by atoms with Crippen molar-refractivity contribution in [3.8, 4) is 0 Å². The molecule has 0 aliphatic carbocycles. The quantitative estimate of drug-likeness (QED) is 0.600. The summed E-state index contributed by atoms with van der Waals surface area (Å²) in [6.07, 6.45) is 2.44. The van der Waals surface area contributed by atoms with Crippen molar-refractivity contribution in [2.75, 3.05) is 6.61 Å². The fourth-order valence-electron chi connectivity index (χ4n) is 3.12. The van der Waals surface area contributed by atoms with Gasteiger partial charge < -0.3 is 19.0 Å². The zero-order chi connectivity index (χ0) is 16.8. The monoisotopic (exact) mass is 328 g/mol. The fourth-order valence-corrected chi connectivity index (χ4v) is 4.44. The second-order valence-electron chi connectivity index (χ2n) is 8.15.